The molecule has 0 bridgehead atoms. The molecule has 24 heavy (non-hydrogen) atoms. The Hall–Kier alpha value is -2.77. The van der Waals surface area contributed by atoms with Crippen molar-refractivity contribution in [3.05, 3.63) is 93.2 Å². The smallest absolute Gasteiger partial charge is 0.177 e. The van der Waals surface area contributed by atoms with Gasteiger partial charge in [-0.2, -0.15) is 0 Å². The van der Waals surface area contributed by atoms with Gasteiger partial charge in [-0.05, 0) is 54.1 Å². The Labute approximate surface area is 142 Å². The fourth-order valence-corrected chi connectivity index (χ4v) is 2.89. The molecule has 1 heterocycles. The Balaban J connectivity index is 1.70. The van der Waals surface area contributed by atoms with Crippen molar-refractivity contribution in [3.63, 3.8) is 0 Å². The molecule has 0 saturated heterocycles. The normalized spacial score (nSPS) is 10.1. The highest BCUT2D eigenvalue weighted by atomic mass is 32.1. The van der Waals surface area contributed by atoms with E-state index in [0.29, 0.717) is 10.4 Å². The standard InChI is InChI=1S/C20H12F2OS/c21-16-6-1-14(2-7-16)5-10-18-11-12-20(24-18)19(23)13-15-3-8-17(22)9-4-15/h1-4,6-9,11-12H,13H2. The van der Waals surface area contributed by atoms with E-state index in [2.05, 4.69) is 11.8 Å². The zero-order valence-electron chi connectivity index (χ0n) is 12.6. The number of halogens is 2. The molecule has 0 aliphatic carbocycles. The number of carbonyl (C=O) groups excluding carboxylic acids is 1. The van der Waals surface area contributed by atoms with Crippen molar-refractivity contribution >= 4 is 17.1 Å². The number of Topliss-reactive ketones (excluding diaryl/α,β-unsaturated/α-hetero) is 1. The summed E-state index contributed by atoms with van der Waals surface area (Å²) in [7, 11) is 0. The topological polar surface area (TPSA) is 17.1 Å². The van der Waals surface area contributed by atoms with Gasteiger partial charge in [0.1, 0.15) is 11.6 Å². The second-order valence-electron chi connectivity index (χ2n) is 5.15. The van der Waals surface area contributed by atoms with Crippen molar-refractivity contribution in [2.24, 2.45) is 0 Å². The quantitative estimate of drug-likeness (QED) is 0.493. The first kappa shape index (κ1) is 16.1. The van der Waals surface area contributed by atoms with Crippen LogP contribution in [0.4, 0.5) is 8.78 Å². The van der Waals surface area contributed by atoms with Crippen LogP contribution in [0.3, 0.4) is 0 Å². The predicted molar refractivity (Wildman–Crippen MR) is 91.1 cm³/mol. The molecule has 3 aromatic rings. The molecule has 0 radical (unpaired) electrons. The van der Waals surface area contributed by atoms with Crippen LogP contribution in [0.5, 0.6) is 0 Å². The maximum Gasteiger partial charge on any atom is 0.177 e. The number of hydrogen-bond acceptors (Lipinski definition) is 2. The fourth-order valence-electron chi connectivity index (χ4n) is 2.10. The fraction of sp³-hybridized carbons (Fsp3) is 0.0500. The van der Waals surface area contributed by atoms with Gasteiger partial charge in [-0.15, -0.1) is 11.3 Å². The second kappa shape index (κ2) is 7.20. The first-order valence-corrected chi connectivity index (χ1v) is 8.07. The summed E-state index contributed by atoms with van der Waals surface area (Å²) in [5, 5.41) is 0. The number of hydrogen-bond donors (Lipinski definition) is 0. The van der Waals surface area contributed by atoms with Crippen LogP contribution in [-0.4, -0.2) is 5.78 Å². The van der Waals surface area contributed by atoms with Gasteiger partial charge in [0.05, 0.1) is 9.75 Å². The van der Waals surface area contributed by atoms with Gasteiger partial charge in [0, 0.05) is 12.0 Å². The Morgan fingerprint density at radius 1 is 0.833 bits per heavy atom. The van der Waals surface area contributed by atoms with Crippen LogP contribution < -0.4 is 0 Å². The molecule has 0 saturated carbocycles. The predicted octanol–water partition coefficient (Wildman–Crippen LogP) is 4.85. The van der Waals surface area contributed by atoms with E-state index in [1.807, 2.05) is 0 Å². The third kappa shape index (κ3) is 4.15. The summed E-state index contributed by atoms with van der Waals surface area (Å²) in [6.07, 6.45) is 0.228. The molecule has 0 aliphatic heterocycles. The molecular formula is C20H12F2OS. The summed E-state index contributed by atoms with van der Waals surface area (Å²) in [5.41, 5.74) is 1.48. The number of rotatable bonds is 3. The highest BCUT2D eigenvalue weighted by molar-refractivity contribution is 7.14. The Bertz CT molecular complexity index is 913. The van der Waals surface area contributed by atoms with Gasteiger partial charge < -0.3 is 0 Å². The van der Waals surface area contributed by atoms with E-state index in [-0.39, 0.29) is 23.8 Å². The average Bonchev–Trinajstić information content (AvgIpc) is 3.06. The molecule has 0 atom stereocenters. The van der Waals surface area contributed by atoms with Gasteiger partial charge in [-0.3, -0.25) is 4.79 Å². The molecule has 1 nitrogen and oxygen atoms in total. The van der Waals surface area contributed by atoms with Crippen LogP contribution in [-0.2, 0) is 6.42 Å². The van der Waals surface area contributed by atoms with Gasteiger partial charge in [0.2, 0.25) is 0 Å². The molecule has 118 valence electrons. The van der Waals surface area contributed by atoms with E-state index in [1.54, 1.807) is 36.4 Å². The lowest BCUT2D eigenvalue weighted by Crippen LogP contribution is -2.00. The zero-order chi connectivity index (χ0) is 16.9. The summed E-state index contributed by atoms with van der Waals surface area (Å²) < 4.78 is 25.7. The maximum atomic E-state index is 12.9. The van der Waals surface area contributed by atoms with E-state index < -0.39 is 0 Å². The number of benzene rings is 2. The van der Waals surface area contributed by atoms with E-state index in [1.165, 1.54) is 35.6 Å². The van der Waals surface area contributed by atoms with Crippen LogP contribution >= 0.6 is 11.3 Å². The molecule has 0 amide bonds. The first-order chi connectivity index (χ1) is 11.6. The average molecular weight is 338 g/mol. The van der Waals surface area contributed by atoms with Gasteiger partial charge in [-0.25, -0.2) is 8.78 Å². The first-order valence-electron chi connectivity index (χ1n) is 7.25. The summed E-state index contributed by atoms with van der Waals surface area (Å²) in [6, 6.07) is 15.4. The minimum Gasteiger partial charge on any atom is -0.293 e. The molecule has 3 rings (SSSR count). The molecule has 0 N–H and O–H groups in total. The van der Waals surface area contributed by atoms with Crippen molar-refractivity contribution in [2.75, 3.05) is 0 Å². The van der Waals surface area contributed by atoms with Gasteiger partial charge in [-0.1, -0.05) is 24.0 Å². The minimum atomic E-state index is -0.319. The van der Waals surface area contributed by atoms with Crippen molar-refractivity contribution in [1.29, 1.82) is 0 Å². The summed E-state index contributed by atoms with van der Waals surface area (Å²) >= 11 is 1.31. The highest BCUT2D eigenvalue weighted by Gasteiger charge is 2.09. The molecule has 4 heteroatoms. The van der Waals surface area contributed by atoms with E-state index in [0.717, 1.165) is 10.4 Å². The van der Waals surface area contributed by atoms with Crippen LogP contribution in [0, 0.1) is 23.5 Å². The third-order valence-electron chi connectivity index (χ3n) is 3.33. The molecule has 2 aromatic carbocycles. The molecular weight excluding hydrogens is 326 g/mol. The van der Waals surface area contributed by atoms with E-state index in [9.17, 15) is 13.6 Å². The molecule has 0 spiro atoms. The second-order valence-corrected chi connectivity index (χ2v) is 6.23. The monoisotopic (exact) mass is 338 g/mol. The lowest BCUT2D eigenvalue weighted by atomic mass is 10.1. The largest absolute Gasteiger partial charge is 0.293 e. The third-order valence-corrected chi connectivity index (χ3v) is 4.37. The Kier molecular flexibility index (Phi) is 4.83. The lowest BCUT2D eigenvalue weighted by Gasteiger charge is -1.98. The van der Waals surface area contributed by atoms with Crippen molar-refractivity contribution in [1.82, 2.24) is 0 Å². The van der Waals surface area contributed by atoms with Gasteiger partial charge in [0.15, 0.2) is 5.78 Å². The number of carbonyl (C=O) groups is 1. The molecule has 0 aliphatic rings. The van der Waals surface area contributed by atoms with E-state index >= 15 is 0 Å². The molecule has 0 fully saturated rings. The lowest BCUT2D eigenvalue weighted by molar-refractivity contribution is 0.0997. The summed E-state index contributed by atoms with van der Waals surface area (Å²) in [4.78, 5) is 13.6. The minimum absolute atomic E-state index is 0.0264. The Morgan fingerprint density at radius 3 is 2.12 bits per heavy atom. The summed E-state index contributed by atoms with van der Waals surface area (Å²) in [5.74, 6) is 5.26. The SMILES string of the molecule is O=C(Cc1ccc(F)cc1)c1ccc(C#Cc2ccc(F)cc2)s1. The number of ketones is 1. The van der Waals surface area contributed by atoms with Crippen LogP contribution in [0.25, 0.3) is 0 Å². The van der Waals surface area contributed by atoms with E-state index in [4.69, 9.17) is 0 Å². The zero-order valence-corrected chi connectivity index (χ0v) is 13.4. The number of thiophene rings is 1. The highest BCUT2D eigenvalue weighted by Crippen LogP contribution is 2.18. The van der Waals surface area contributed by atoms with Crippen LogP contribution in [0.1, 0.15) is 25.7 Å². The van der Waals surface area contributed by atoms with Crippen LogP contribution in [0.2, 0.25) is 0 Å². The molecule has 0 unspecified atom stereocenters. The van der Waals surface area contributed by atoms with Crippen molar-refractivity contribution in [2.45, 2.75) is 6.42 Å². The van der Waals surface area contributed by atoms with Crippen molar-refractivity contribution < 1.29 is 13.6 Å². The summed E-state index contributed by atoms with van der Waals surface area (Å²) in [6.45, 7) is 0. The van der Waals surface area contributed by atoms with Gasteiger partial charge >= 0.3 is 0 Å². The Morgan fingerprint density at radius 2 is 1.46 bits per heavy atom. The molecule has 1 aromatic heterocycles. The maximum absolute atomic E-state index is 12.9. The van der Waals surface area contributed by atoms with Crippen LogP contribution in [0.15, 0.2) is 60.7 Å². The van der Waals surface area contributed by atoms with Crippen molar-refractivity contribution in [3.8, 4) is 11.8 Å². The van der Waals surface area contributed by atoms with Gasteiger partial charge in [0.25, 0.3) is 0 Å².